The molecule has 9 nitrogen and oxygen atoms in total. The van der Waals surface area contributed by atoms with Gasteiger partial charge >= 0.3 is 19.8 Å². The Kier molecular flexibility index (Phi) is 31.1. The van der Waals surface area contributed by atoms with Crippen LogP contribution in [0.3, 0.4) is 0 Å². The minimum atomic E-state index is -4.79. The van der Waals surface area contributed by atoms with Gasteiger partial charge in [-0.1, -0.05) is 138 Å². The van der Waals surface area contributed by atoms with E-state index in [0.29, 0.717) is 25.0 Å². The zero-order valence-electron chi connectivity index (χ0n) is 32.8. The minimum Gasteiger partial charge on any atom is -0.462 e. The van der Waals surface area contributed by atoms with Gasteiger partial charge in [-0.2, -0.15) is 0 Å². The molecule has 0 aromatic rings. The van der Waals surface area contributed by atoms with Gasteiger partial charge in [0.1, 0.15) is 6.61 Å². The van der Waals surface area contributed by atoms with Crippen LogP contribution >= 0.6 is 7.82 Å². The van der Waals surface area contributed by atoms with Crippen LogP contribution in [0.4, 0.5) is 0 Å². The average molecular weight is 763 g/mol. The molecule has 10 heteroatoms. The fourth-order valence-corrected chi connectivity index (χ4v) is 5.84. The predicted octanol–water partition coefficient (Wildman–Crippen LogP) is 11.3. The summed E-state index contributed by atoms with van der Waals surface area (Å²) in [4.78, 5) is 42.8. The lowest BCUT2D eigenvalue weighted by atomic mass is 10.1. The summed E-state index contributed by atoms with van der Waals surface area (Å²) in [5.74, 6) is -1.01. The van der Waals surface area contributed by atoms with Crippen molar-refractivity contribution in [1.82, 2.24) is 0 Å². The molecule has 1 aliphatic heterocycles. The number of phosphoric acid groups is 1. The Morgan fingerprint density at radius 1 is 0.604 bits per heavy atom. The summed E-state index contributed by atoms with van der Waals surface area (Å²) in [6, 6.07) is 0. The SMILES string of the molecule is CCCCC/C=C\C/C=C\C/C=C\C/C=C\C/C=C\CCC(=O)O[C@H](COC(=O)CCCCCCCC1OC1C/C=C\CCCCC)COP(=O)(O)O. The number of ether oxygens (including phenoxy) is 3. The number of phosphoric ester groups is 1. The van der Waals surface area contributed by atoms with Gasteiger partial charge in [0, 0.05) is 12.8 Å². The smallest absolute Gasteiger partial charge is 0.462 e. The average Bonchev–Trinajstić information content (AvgIpc) is 3.88. The zero-order chi connectivity index (χ0) is 38.7. The molecule has 2 N–H and O–H groups in total. The highest BCUT2D eigenvalue weighted by Crippen LogP contribution is 2.36. The van der Waals surface area contributed by atoms with Crippen LogP contribution in [0.2, 0.25) is 0 Å². The molecule has 0 radical (unpaired) electrons. The van der Waals surface area contributed by atoms with E-state index in [0.717, 1.165) is 70.6 Å². The monoisotopic (exact) mass is 762 g/mol. The zero-order valence-corrected chi connectivity index (χ0v) is 33.7. The standard InChI is InChI=1S/C43H71O9P/c1-3-5-7-9-11-12-13-14-15-16-17-18-19-20-21-22-23-27-32-36-43(45)51-39(38-50-53(46,47)48)37-49-42(44)35-31-28-24-26-30-34-41-40(52-41)33-29-25-10-8-6-4-2/h11-12,14-15,17-18,20-21,23,25,27,29,39-41H,3-10,13,16,19,22,24,26,28,30-38H2,1-2H3,(H2,46,47,48)/b12-11-,15-14-,18-17-,21-20-,27-23-,29-25-/t39-,40?,41?/m1/s1. The highest BCUT2D eigenvalue weighted by Gasteiger charge is 2.36. The number of allylic oxidation sites excluding steroid dienone is 11. The lowest BCUT2D eigenvalue weighted by Gasteiger charge is -2.18. The van der Waals surface area contributed by atoms with Crippen molar-refractivity contribution in [2.24, 2.45) is 0 Å². The second-order valence-electron chi connectivity index (χ2n) is 13.6. The van der Waals surface area contributed by atoms with Gasteiger partial charge in [0.05, 0.1) is 18.8 Å². The molecule has 1 fully saturated rings. The Balaban J connectivity index is 2.15. The van der Waals surface area contributed by atoms with Gasteiger partial charge in [-0.15, -0.1) is 0 Å². The predicted molar refractivity (Wildman–Crippen MR) is 215 cm³/mol. The van der Waals surface area contributed by atoms with E-state index in [4.69, 9.17) is 24.0 Å². The third-order valence-corrected chi connectivity index (χ3v) is 9.12. The number of epoxide rings is 1. The molecule has 0 aromatic carbocycles. The van der Waals surface area contributed by atoms with Crippen molar-refractivity contribution in [2.45, 2.75) is 173 Å². The number of rotatable bonds is 35. The second kappa shape index (κ2) is 34.0. The number of hydrogen-bond donors (Lipinski definition) is 2. The van der Waals surface area contributed by atoms with E-state index < -0.39 is 32.5 Å². The minimum absolute atomic E-state index is 0.0785. The highest BCUT2D eigenvalue weighted by molar-refractivity contribution is 7.46. The molecule has 0 aromatic heterocycles. The molecule has 0 bridgehead atoms. The van der Waals surface area contributed by atoms with Crippen molar-refractivity contribution >= 4 is 19.8 Å². The lowest BCUT2D eigenvalue weighted by molar-refractivity contribution is -0.161. The van der Waals surface area contributed by atoms with Crippen LogP contribution in [-0.4, -0.2) is 53.3 Å². The van der Waals surface area contributed by atoms with Crippen LogP contribution in [0.1, 0.15) is 155 Å². The van der Waals surface area contributed by atoms with Gasteiger partial charge in [-0.3, -0.25) is 14.1 Å². The maximum absolute atomic E-state index is 12.4. The molecule has 302 valence electrons. The van der Waals surface area contributed by atoms with E-state index in [2.05, 4.69) is 79.1 Å². The summed E-state index contributed by atoms with van der Waals surface area (Å²) in [5.41, 5.74) is 0. The summed E-state index contributed by atoms with van der Waals surface area (Å²) in [5, 5.41) is 0. The quantitative estimate of drug-likeness (QED) is 0.0213. The molecular formula is C43H71O9P. The number of carbonyl (C=O) groups excluding carboxylic acids is 2. The molecule has 0 saturated carbocycles. The van der Waals surface area contributed by atoms with E-state index in [1.54, 1.807) is 0 Å². The molecule has 2 unspecified atom stereocenters. The molecule has 0 amide bonds. The van der Waals surface area contributed by atoms with E-state index in [1.807, 2.05) is 12.2 Å². The Morgan fingerprint density at radius 2 is 1.13 bits per heavy atom. The first-order valence-electron chi connectivity index (χ1n) is 20.4. The van der Waals surface area contributed by atoms with E-state index in [-0.39, 0.29) is 19.4 Å². The van der Waals surface area contributed by atoms with Crippen LogP contribution in [0.25, 0.3) is 0 Å². The van der Waals surface area contributed by atoms with Crippen molar-refractivity contribution in [3.8, 4) is 0 Å². The van der Waals surface area contributed by atoms with Crippen molar-refractivity contribution in [2.75, 3.05) is 13.2 Å². The molecule has 1 saturated heterocycles. The second-order valence-corrected chi connectivity index (χ2v) is 14.9. The summed E-state index contributed by atoms with van der Waals surface area (Å²) in [6.07, 6.45) is 46.5. The largest absolute Gasteiger partial charge is 0.469 e. The summed E-state index contributed by atoms with van der Waals surface area (Å²) in [7, 11) is -4.79. The first-order valence-corrected chi connectivity index (χ1v) is 21.9. The van der Waals surface area contributed by atoms with Gasteiger partial charge in [-0.25, -0.2) is 4.57 Å². The van der Waals surface area contributed by atoms with E-state index in [9.17, 15) is 14.2 Å². The first kappa shape index (κ1) is 48.5. The normalized spacial score (nSPS) is 17.1. The lowest BCUT2D eigenvalue weighted by Crippen LogP contribution is -2.29. The van der Waals surface area contributed by atoms with Gasteiger partial charge in [0.15, 0.2) is 6.10 Å². The Hall–Kier alpha value is -2.55. The molecule has 0 aliphatic carbocycles. The maximum atomic E-state index is 12.4. The van der Waals surface area contributed by atoms with Gasteiger partial charge < -0.3 is 24.0 Å². The molecule has 0 spiro atoms. The van der Waals surface area contributed by atoms with Crippen LogP contribution in [0.5, 0.6) is 0 Å². The molecule has 3 atom stereocenters. The topological polar surface area (TPSA) is 132 Å². The van der Waals surface area contributed by atoms with Crippen LogP contribution in [-0.2, 0) is 32.9 Å². The summed E-state index contributed by atoms with van der Waals surface area (Å²) >= 11 is 0. The first-order chi connectivity index (χ1) is 25.7. The third-order valence-electron chi connectivity index (χ3n) is 8.63. The molecule has 1 heterocycles. The Bertz CT molecular complexity index is 1150. The van der Waals surface area contributed by atoms with E-state index >= 15 is 0 Å². The van der Waals surface area contributed by atoms with Crippen LogP contribution < -0.4 is 0 Å². The fourth-order valence-electron chi connectivity index (χ4n) is 5.48. The summed E-state index contributed by atoms with van der Waals surface area (Å²) in [6.45, 7) is 3.53. The van der Waals surface area contributed by atoms with Gasteiger partial charge in [-0.05, 0) is 77.0 Å². The van der Waals surface area contributed by atoms with Crippen molar-refractivity contribution < 1.29 is 42.7 Å². The Morgan fingerprint density at radius 3 is 1.72 bits per heavy atom. The van der Waals surface area contributed by atoms with Crippen LogP contribution in [0.15, 0.2) is 72.9 Å². The van der Waals surface area contributed by atoms with Crippen LogP contribution in [0, 0.1) is 0 Å². The molecule has 1 aliphatic rings. The maximum Gasteiger partial charge on any atom is 0.469 e. The molecule has 53 heavy (non-hydrogen) atoms. The number of esters is 2. The third kappa shape index (κ3) is 33.7. The number of hydrogen-bond acceptors (Lipinski definition) is 7. The Labute approximate surface area is 321 Å². The fraction of sp³-hybridized carbons (Fsp3) is 0.674. The molecule has 1 rings (SSSR count). The highest BCUT2D eigenvalue weighted by atomic mass is 31.2. The van der Waals surface area contributed by atoms with E-state index in [1.165, 1.54) is 44.9 Å². The van der Waals surface area contributed by atoms with Gasteiger partial charge in [0.2, 0.25) is 0 Å². The number of unbranched alkanes of at least 4 members (excludes halogenated alkanes) is 10. The molecular weight excluding hydrogens is 691 g/mol. The van der Waals surface area contributed by atoms with Crippen molar-refractivity contribution in [1.29, 1.82) is 0 Å². The van der Waals surface area contributed by atoms with Crippen molar-refractivity contribution in [3.05, 3.63) is 72.9 Å². The number of carbonyl (C=O) groups is 2. The summed E-state index contributed by atoms with van der Waals surface area (Å²) < 4.78 is 32.1. The van der Waals surface area contributed by atoms with Gasteiger partial charge in [0.25, 0.3) is 0 Å². The van der Waals surface area contributed by atoms with Crippen molar-refractivity contribution in [3.63, 3.8) is 0 Å².